The molecule has 0 unspecified atom stereocenters. The molecule has 2 fully saturated rings. The number of piperidine rings is 1. The Kier molecular flexibility index (Phi) is 5.26. The number of ether oxygens (including phenoxy) is 1. The maximum absolute atomic E-state index is 13.2. The minimum absolute atomic E-state index is 0.0405. The van der Waals surface area contributed by atoms with Crippen LogP contribution in [0.4, 0.5) is 4.39 Å². The largest absolute Gasteiger partial charge is 0.497 e. The monoisotopic (exact) mass is 396 g/mol. The summed E-state index contributed by atoms with van der Waals surface area (Å²) in [7, 11) is 1.57. The molecule has 0 spiro atoms. The van der Waals surface area contributed by atoms with E-state index < -0.39 is 5.41 Å². The lowest BCUT2D eigenvalue weighted by molar-refractivity contribution is -0.135. The van der Waals surface area contributed by atoms with Gasteiger partial charge >= 0.3 is 0 Å². The molecule has 1 saturated carbocycles. The first kappa shape index (κ1) is 19.4. The van der Waals surface area contributed by atoms with Crippen LogP contribution >= 0.6 is 0 Å². The molecule has 152 valence electrons. The molecule has 4 rings (SSSR count). The van der Waals surface area contributed by atoms with Crippen LogP contribution in [0, 0.1) is 5.82 Å². The number of hydrogen-bond acceptors (Lipinski definition) is 3. The van der Waals surface area contributed by atoms with Gasteiger partial charge in [-0.25, -0.2) is 4.39 Å². The minimum Gasteiger partial charge on any atom is -0.497 e. The molecule has 0 radical (unpaired) electrons. The van der Waals surface area contributed by atoms with E-state index in [0.717, 1.165) is 31.2 Å². The van der Waals surface area contributed by atoms with Gasteiger partial charge in [-0.2, -0.15) is 0 Å². The molecule has 5 nitrogen and oxygen atoms in total. The molecular formula is C23H25FN2O3. The van der Waals surface area contributed by atoms with Crippen molar-refractivity contribution >= 4 is 11.8 Å². The molecule has 6 heteroatoms. The highest BCUT2D eigenvalue weighted by atomic mass is 19.1. The van der Waals surface area contributed by atoms with Crippen molar-refractivity contribution in [3.63, 3.8) is 0 Å². The van der Waals surface area contributed by atoms with Crippen molar-refractivity contribution in [2.45, 2.75) is 37.1 Å². The lowest BCUT2D eigenvalue weighted by atomic mass is 9.93. The van der Waals surface area contributed by atoms with E-state index in [1.54, 1.807) is 43.5 Å². The summed E-state index contributed by atoms with van der Waals surface area (Å²) in [6.07, 6.45) is 3.07. The smallest absolute Gasteiger partial charge is 0.251 e. The van der Waals surface area contributed by atoms with Gasteiger partial charge in [0.05, 0.1) is 12.5 Å². The van der Waals surface area contributed by atoms with Gasteiger partial charge in [-0.1, -0.05) is 18.2 Å². The maximum Gasteiger partial charge on any atom is 0.251 e. The average Bonchev–Trinajstić information content (AvgIpc) is 3.56. The van der Waals surface area contributed by atoms with Gasteiger partial charge in [0.2, 0.25) is 5.91 Å². The van der Waals surface area contributed by atoms with Crippen molar-refractivity contribution in [3.8, 4) is 5.75 Å². The van der Waals surface area contributed by atoms with Crippen LogP contribution in [0.1, 0.15) is 41.6 Å². The van der Waals surface area contributed by atoms with Crippen molar-refractivity contribution in [3.05, 3.63) is 65.5 Å². The summed E-state index contributed by atoms with van der Waals surface area (Å²) in [4.78, 5) is 27.5. The second-order valence-corrected chi connectivity index (χ2v) is 7.86. The zero-order valence-corrected chi connectivity index (χ0v) is 16.5. The van der Waals surface area contributed by atoms with E-state index in [1.165, 1.54) is 12.1 Å². The fraction of sp³-hybridized carbons (Fsp3) is 0.391. The molecule has 2 aromatic carbocycles. The number of carbonyl (C=O) groups is 2. The molecular weight excluding hydrogens is 371 g/mol. The van der Waals surface area contributed by atoms with Crippen molar-refractivity contribution in [2.75, 3.05) is 20.2 Å². The number of rotatable bonds is 5. The van der Waals surface area contributed by atoms with Crippen molar-refractivity contribution in [2.24, 2.45) is 0 Å². The molecule has 1 N–H and O–H groups in total. The molecule has 29 heavy (non-hydrogen) atoms. The fourth-order valence-electron chi connectivity index (χ4n) is 4.08. The number of nitrogens with zero attached hydrogens (tertiary/aromatic N) is 1. The third kappa shape index (κ3) is 3.97. The molecule has 1 saturated heterocycles. The van der Waals surface area contributed by atoms with E-state index in [1.807, 2.05) is 4.90 Å². The number of benzene rings is 2. The highest BCUT2D eigenvalue weighted by molar-refractivity contribution is 5.95. The summed E-state index contributed by atoms with van der Waals surface area (Å²) in [5, 5.41) is 3.06. The first-order valence-electron chi connectivity index (χ1n) is 10.0. The topological polar surface area (TPSA) is 58.6 Å². The van der Waals surface area contributed by atoms with Crippen LogP contribution in [-0.2, 0) is 10.2 Å². The Hall–Kier alpha value is -2.89. The van der Waals surface area contributed by atoms with E-state index in [-0.39, 0.29) is 23.7 Å². The molecule has 1 aliphatic carbocycles. The van der Waals surface area contributed by atoms with Gasteiger partial charge in [-0.15, -0.1) is 0 Å². The fourth-order valence-corrected chi connectivity index (χ4v) is 4.08. The van der Waals surface area contributed by atoms with Gasteiger partial charge in [-0.3, -0.25) is 9.59 Å². The number of nitrogens with one attached hydrogen (secondary N) is 1. The number of amides is 2. The van der Waals surface area contributed by atoms with Crippen molar-refractivity contribution < 1.29 is 18.7 Å². The Balaban J connectivity index is 1.34. The van der Waals surface area contributed by atoms with E-state index in [0.29, 0.717) is 24.4 Å². The van der Waals surface area contributed by atoms with Crippen LogP contribution in [-0.4, -0.2) is 43.0 Å². The lowest BCUT2D eigenvalue weighted by Gasteiger charge is -2.35. The molecule has 2 aliphatic rings. The maximum atomic E-state index is 13.2. The molecule has 0 atom stereocenters. The van der Waals surface area contributed by atoms with Gasteiger partial charge in [0.15, 0.2) is 0 Å². The Labute approximate surface area is 169 Å². The van der Waals surface area contributed by atoms with Gasteiger partial charge < -0.3 is 15.0 Å². The van der Waals surface area contributed by atoms with Crippen molar-refractivity contribution in [1.82, 2.24) is 10.2 Å². The third-order valence-corrected chi connectivity index (χ3v) is 6.01. The second kappa shape index (κ2) is 7.85. The van der Waals surface area contributed by atoms with Crippen LogP contribution in [0.3, 0.4) is 0 Å². The first-order valence-corrected chi connectivity index (χ1v) is 10.0. The Morgan fingerprint density at radius 3 is 2.41 bits per heavy atom. The summed E-state index contributed by atoms with van der Waals surface area (Å²) < 4.78 is 18.4. The zero-order valence-electron chi connectivity index (χ0n) is 16.5. The minimum atomic E-state index is -0.482. The highest BCUT2D eigenvalue weighted by Crippen LogP contribution is 2.49. The molecule has 1 aliphatic heterocycles. The van der Waals surface area contributed by atoms with Gasteiger partial charge in [0.1, 0.15) is 11.6 Å². The number of hydrogen-bond donors (Lipinski definition) is 1. The third-order valence-electron chi connectivity index (χ3n) is 6.01. The molecule has 0 bridgehead atoms. The lowest BCUT2D eigenvalue weighted by Crippen LogP contribution is -2.49. The highest BCUT2D eigenvalue weighted by Gasteiger charge is 2.53. The SMILES string of the molecule is COc1cccc(C(=O)NC2CCN(C(=O)C3(c4ccc(F)cc4)CC3)CC2)c1. The number of likely N-dealkylation sites (tertiary alicyclic amines) is 1. The Morgan fingerprint density at radius 1 is 1.10 bits per heavy atom. The van der Waals surface area contributed by atoms with Crippen LogP contribution in [0.15, 0.2) is 48.5 Å². The van der Waals surface area contributed by atoms with Crippen LogP contribution < -0.4 is 10.1 Å². The first-order chi connectivity index (χ1) is 14.0. The summed E-state index contributed by atoms with van der Waals surface area (Å²) in [5.74, 6) is 0.360. The summed E-state index contributed by atoms with van der Waals surface area (Å²) >= 11 is 0. The number of methoxy groups -OCH3 is 1. The molecule has 2 amide bonds. The van der Waals surface area contributed by atoms with Crippen LogP contribution in [0.2, 0.25) is 0 Å². The Morgan fingerprint density at radius 2 is 1.79 bits per heavy atom. The van der Waals surface area contributed by atoms with Crippen molar-refractivity contribution in [1.29, 1.82) is 0 Å². The predicted molar refractivity (Wildman–Crippen MR) is 107 cm³/mol. The van der Waals surface area contributed by atoms with E-state index in [2.05, 4.69) is 5.32 Å². The van der Waals surface area contributed by atoms with Crippen LogP contribution in [0.25, 0.3) is 0 Å². The molecule has 0 aromatic heterocycles. The van der Waals surface area contributed by atoms with Crippen LogP contribution in [0.5, 0.6) is 5.75 Å². The Bertz CT molecular complexity index is 901. The molecule has 2 aromatic rings. The summed E-state index contributed by atoms with van der Waals surface area (Å²) in [6, 6.07) is 13.4. The number of halogens is 1. The second-order valence-electron chi connectivity index (χ2n) is 7.86. The van der Waals surface area contributed by atoms with E-state index in [4.69, 9.17) is 4.74 Å². The predicted octanol–water partition coefficient (Wildman–Crippen LogP) is 3.29. The van der Waals surface area contributed by atoms with Gasteiger partial charge in [-0.05, 0) is 61.6 Å². The quantitative estimate of drug-likeness (QED) is 0.844. The normalized spacial score (nSPS) is 18.2. The number of carbonyl (C=O) groups excluding carboxylic acids is 2. The summed E-state index contributed by atoms with van der Waals surface area (Å²) in [6.45, 7) is 1.23. The van der Waals surface area contributed by atoms with E-state index in [9.17, 15) is 14.0 Å². The molecule has 1 heterocycles. The van der Waals surface area contributed by atoms with E-state index >= 15 is 0 Å². The summed E-state index contributed by atoms with van der Waals surface area (Å²) in [5.41, 5.74) is 0.984. The zero-order chi connectivity index (χ0) is 20.4. The van der Waals surface area contributed by atoms with Gasteiger partial charge in [0.25, 0.3) is 5.91 Å². The van der Waals surface area contributed by atoms with Gasteiger partial charge in [0, 0.05) is 24.7 Å². The standard InChI is InChI=1S/C23H25FN2O3/c1-29-20-4-2-3-16(15-20)21(27)25-19-9-13-26(14-10-19)22(28)23(11-12-23)17-5-7-18(24)8-6-17/h2-8,15,19H,9-14H2,1H3,(H,25,27). The average molecular weight is 396 g/mol.